The van der Waals surface area contributed by atoms with Gasteiger partial charge in [0.25, 0.3) is 0 Å². The van der Waals surface area contributed by atoms with Gasteiger partial charge in [-0.3, -0.25) is 4.79 Å². The summed E-state index contributed by atoms with van der Waals surface area (Å²) in [5.41, 5.74) is 0.498. The highest BCUT2D eigenvalue weighted by Gasteiger charge is 2.04. The van der Waals surface area contributed by atoms with E-state index in [1.165, 1.54) is 14.0 Å². The highest BCUT2D eigenvalue weighted by atomic mass is 16.5. The van der Waals surface area contributed by atoms with Crippen molar-refractivity contribution in [2.24, 2.45) is 0 Å². The third-order valence-corrected chi connectivity index (χ3v) is 2.53. The molecule has 110 valence electrons. The van der Waals surface area contributed by atoms with Gasteiger partial charge in [0.1, 0.15) is 12.4 Å². The lowest BCUT2D eigenvalue weighted by Crippen LogP contribution is -2.06. The van der Waals surface area contributed by atoms with Crippen molar-refractivity contribution in [3.8, 4) is 5.75 Å². The van der Waals surface area contributed by atoms with E-state index in [9.17, 15) is 9.59 Å². The number of ketones is 1. The number of rotatable bonds is 9. The van der Waals surface area contributed by atoms with Crippen molar-refractivity contribution < 1.29 is 23.8 Å². The third kappa shape index (κ3) is 6.33. The second-order valence-corrected chi connectivity index (χ2v) is 4.33. The van der Waals surface area contributed by atoms with Gasteiger partial charge < -0.3 is 14.2 Å². The second kappa shape index (κ2) is 9.09. The number of benzene rings is 1. The topological polar surface area (TPSA) is 61.8 Å². The average Bonchev–Trinajstić information content (AvgIpc) is 2.45. The molecule has 0 aliphatic heterocycles. The van der Waals surface area contributed by atoms with Gasteiger partial charge in [-0.2, -0.15) is 0 Å². The molecule has 0 saturated heterocycles. The van der Waals surface area contributed by atoms with E-state index in [1.807, 2.05) is 0 Å². The summed E-state index contributed by atoms with van der Waals surface area (Å²) in [5, 5.41) is 0. The van der Waals surface area contributed by atoms with E-state index in [0.29, 0.717) is 24.5 Å². The fourth-order valence-corrected chi connectivity index (χ4v) is 1.52. The first-order chi connectivity index (χ1) is 9.63. The summed E-state index contributed by atoms with van der Waals surface area (Å²) in [6.45, 7) is 2.81. The molecule has 1 rings (SSSR count). The molecule has 20 heavy (non-hydrogen) atoms. The fraction of sp³-hybridized carbons (Fsp3) is 0.467. The van der Waals surface area contributed by atoms with Crippen molar-refractivity contribution in [2.75, 3.05) is 26.9 Å². The zero-order valence-electron chi connectivity index (χ0n) is 11.9. The van der Waals surface area contributed by atoms with Crippen LogP contribution in [0.1, 0.15) is 30.1 Å². The standard InChI is InChI=1S/C15H20O5/c1-12(16)11-19-9-3-4-10-20-14-7-5-13(6-8-14)15(17)18-2/h5-8H,3-4,9-11H2,1-2H3. The van der Waals surface area contributed by atoms with E-state index in [1.54, 1.807) is 24.3 Å². The minimum atomic E-state index is -0.362. The van der Waals surface area contributed by atoms with Crippen molar-refractivity contribution in [1.82, 2.24) is 0 Å². The lowest BCUT2D eigenvalue weighted by Gasteiger charge is -2.07. The van der Waals surface area contributed by atoms with Gasteiger partial charge in [-0.25, -0.2) is 4.79 Å². The zero-order valence-corrected chi connectivity index (χ0v) is 11.9. The Bertz CT molecular complexity index is 424. The summed E-state index contributed by atoms with van der Waals surface area (Å²) in [4.78, 5) is 21.9. The van der Waals surface area contributed by atoms with Crippen molar-refractivity contribution in [3.63, 3.8) is 0 Å². The molecule has 0 bridgehead atoms. The Morgan fingerprint density at radius 2 is 1.70 bits per heavy atom. The van der Waals surface area contributed by atoms with Crippen molar-refractivity contribution in [2.45, 2.75) is 19.8 Å². The summed E-state index contributed by atoms with van der Waals surface area (Å²) in [6, 6.07) is 6.80. The number of hydrogen-bond donors (Lipinski definition) is 0. The van der Waals surface area contributed by atoms with Gasteiger partial charge in [-0.05, 0) is 44.0 Å². The Morgan fingerprint density at radius 3 is 2.30 bits per heavy atom. The van der Waals surface area contributed by atoms with Crippen LogP contribution in [0.5, 0.6) is 5.75 Å². The van der Waals surface area contributed by atoms with E-state index < -0.39 is 0 Å². The van der Waals surface area contributed by atoms with E-state index in [2.05, 4.69) is 4.74 Å². The van der Waals surface area contributed by atoms with E-state index >= 15 is 0 Å². The van der Waals surface area contributed by atoms with Crippen LogP contribution >= 0.6 is 0 Å². The molecule has 0 unspecified atom stereocenters. The van der Waals surface area contributed by atoms with E-state index in [-0.39, 0.29) is 18.4 Å². The minimum absolute atomic E-state index is 0.0342. The fourth-order valence-electron chi connectivity index (χ4n) is 1.52. The molecule has 1 aromatic rings. The Labute approximate surface area is 118 Å². The van der Waals surface area contributed by atoms with Crippen LogP contribution in [-0.2, 0) is 14.3 Å². The Morgan fingerprint density at radius 1 is 1.05 bits per heavy atom. The maximum atomic E-state index is 11.2. The molecule has 0 aliphatic rings. The lowest BCUT2D eigenvalue weighted by molar-refractivity contribution is -0.121. The number of unbranched alkanes of at least 4 members (excludes halogenated alkanes) is 1. The molecule has 5 nitrogen and oxygen atoms in total. The van der Waals surface area contributed by atoms with Gasteiger partial charge in [0.15, 0.2) is 5.78 Å². The largest absolute Gasteiger partial charge is 0.494 e. The minimum Gasteiger partial charge on any atom is -0.494 e. The predicted molar refractivity (Wildman–Crippen MR) is 74.0 cm³/mol. The number of methoxy groups -OCH3 is 1. The summed E-state index contributed by atoms with van der Waals surface area (Å²) in [7, 11) is 1.35. The van der Waals surface area contributed by atoms with E-state index in [4.69, 9.17) is 9.47 Å². The summed E-state index contributed by atoms with van der Waals surface area (Å²) in [6.07, 6.45) is 1.68. The predicted octanol–water partition coefficient (Wildman–Crippen LogP) is 2.24. The van der Waals surface area contributed by atoms with Crippen molar-refractivity contribution in [3.05, 3.63) is 29.8 Å². The second-order valence-electron chi connectivity index (χ2n) is 4.33. The first kappa shape index (κ1) is 16.2. The molecular weight excluding hydrogens is 260 g/mol. The van der Waals surface area contributed by atoms with Crippen LogP contribution in [0.4, 0.5) is 0 Å². The molecule has 0 spiro atoms. The molecule has 0 saturated carbocycles. The molecule has 0 N–H and O–H groups in total. The van der Waals surface area contributed by atoms with Crippen LogP contribution in [0.3, 0.4) is 0 Å². The normalized spacial score (nSPS) is 10.1. The van der Waals surface area contributed by atoms with Gasteiger partial charge in [-0.1, -0.05) is 0 Å². The summed E-state index contributed by atoms with van der Waals surface area (Å²) >= 11 is 0. The molecule has 5 heteroatoms. The van der Waals surface area contributed by atoms with Crippen LogP contribution in [-0.4, -0.2) is 38.7 Å². The first-order valence-corrected chi connectivity index (χ1v) is 6.52. The average molecular weight is 280 g/mol. The molecule has 0 atom stereocenters. The molecule has 0 radical (unpaired) electrons. The molecule has 0 amide bonds. The van der Waals surface area contributed by atoms with Crippen LogP contribution < -0.4 is 4.74 Å². The molecule has 0 aliphatic carbocycles. The van der Waals surface area contributed by atoms with Crippen LogP contribution in [0.15, 0.2) is 24.3 Å². The third-order valence-electron chi connectivity index (χ3n) is 2.53. The van der Waals surface area contributed by atoms with Gasteiger partial charge >= 0.3 is 5.97 Å². The molecule has 1 aromatic carbocycles. The molecule has 0 heterocycles. The highest BCUT2D eigenvalue weighted by molar-refractivity contribution is 5.89. The SMILES string of the molecule is COC(=O)c1ccc(OCCCCOCC(C)=O)cc1. The zero-order chi connectivity index (χ0) is 14.8. The Kier molecular flexibility index (Phi) is 7.35. The monoisotopic (exact) mass is 280 g/mol. The number of ether oxygens (including phenoxy) is 3. The number of carbonyl (C=O) groups is 2. The van der Waals surface area contributed by atoms with Crippen LogP contribution in [0.2, 0.25) is 0 Å². The van der Waals surface area contributed by atoms with E-state index in [0.717, 1.165) is 12.8 Å². The van der Waals surface area contributed by atoms with Gasteiger partial charge in [0.2, 0.25) is 0 Å². The Balaban J connectivity index is 2.16. The molecule has 0 aromatic heterocycles. The maximum Gasteiger partial charge on any atom is 0.337 e. The Hall–Kier alpha value is -1.88. The number of carbonyl (C=O) groups excluding carboxylic acids is 2. The van der Waals surface area contributed by atoms with Gasteiger partial charge in [0, 0.05) is 6.61 Å². The van der Waals surface area contributed by atoms with Crippen LogP contribution in [0, 0.1) is 0 Å². The van der Waals surface area contributed by atoms with Crippen LogP contribution in [0.25, 0.3) is 0 Å². The van der Waals surface area contributed by atoms with Crippen molar-refractivity contribution >= 4 is 11.8 Å². The number of esters is 1. The summed E-state index contributed by atoms with van der Waals surface area (Å²) in [5.74, 6) is 0.383. The lowest BCUT2D eigenvalue weighted by atomic mass is 10.2. The highest BCUT2D eigenvalue weighted by Crippen LogP contribution is 2.13. The van der Waals surface area contributed by atoms with Crippen molar-refractivity contribution in [1.29, 1.82) is 0 Å². The molecular formula is C15H20O5. The number of hydrogen-bond acceptors (Lipinski definition) is 5. The molecule has 0 fully saturated rings. The smallest absolute Gasteiger partial charge is 0.337 e. The maximum absolute atomic E-state index is 11.2. The van der Waals surface area contributed by atoms with Gasteiger partial charge in [0.05, 0.1) is 19.3 Å². The quantitative estimate of drug-likeness (QED) is 0.513. The van der Waals surface area contributed by atoms with Gasteiger partial charge in [-0.15, -0.1) is 0 Å². The number of Topliss-reactive ketones (excluding diaryl/α,β-unsaturated/α-hetero) is 1. The first-order valence-electron chi connectivity index (χ1n) is 6.52. The summed E-state index contributed by atoms with van der Waals surface area (Å²) < 4.78 is 15.3.